The monoisotopic (exact) mass is 263 g/mol. The Hall–Kier alpha value is -2.41. The number of rotatable bonds is 4. The number of carboxylic acid groups (broad SMARTS) is 1. The quantitative estimate of drug-likeness (QED) is 0.625. The molecule has 19 heavy (non-hydrogen) atoms. The number of aliphatic carboxylic acids is 1. The molecule has 0 saturated carbocycles. The van der Waals surface area contributed by atoms with E-state index in [0.717, 1.165) is 10.9 Å². The van der Waals surface area contributed by atoms with E-state index in [0.29, 0.717) is 5.56 Å². The Balaban J connectivity index is 2.21. The fraction of sp³-hybridized carbons (Fsp3) is 0.250. The summed E-state index contributed by atoms with van der Waals surface area (Å²) < 4.78 is 0. The summed E-state index contributed by atoms with van der Waals surface area (Å²) in [4.78, 5) is 22.8. The second-order valence-corrected chi connectivity index (χ2v) is 4.20. The van der Waals surface area contributed by atoms with Gasteiger partial charge in [-0.15, -0.1) is 0 Å². The molecule has 0 aliphatic rings. The van der Waals surface area contributed by atoms with Crippen molar-refractivity contribution >= 4 is 22.8 Å². The summed E-state index contributed by atoms with van der Waals surface area (Å²) in [7, 11) is 0. The van der Waals surface area contributed by atoms with Gasteiger partial charge >= 0.3 is 5.97 Å². The van der Waals surface area contributed by atoms with E-state index in [1.165, 1.54) is 6.92 Å². The van der Waals surface area contributed by atoms with Crippen molar-refractivity contribution in [3.63, 3.8) is 0 Å². The number of H-pyrrole nitrogens is 1. The molecule has 100 valence electrons. The van der Waals surface area contributed by atoms with E-state index in [-0.39, 0.29) is 0 Å². The van der Waals surface area contributed by atoms with E-state index in [1.54, 1.807) is 24.4 Å². The van der Waals surface area contributed by atoms with Gasteiger partial charge in [-0.2, -0.15) is 5.10 Å². The van der Waals surface area contributed by atoms with Gasteiger partial charge in [0.1, 0.15) is 0 Å². The molecule has 2 rings (SSSR count). The number of carbonyl (C=O) groups excluding carboxylic acids is 1. The third-order valence-corrected chi connectivity index (χ3v) is 2.74. The van der Waals surface area contributed by atoms with Crippen molar-refractivity contribution in [3.8, 4) is 0 Å². The summed E-state index contributed by atoms with van der Waals surface area (Å²) in [6, 6.07) is 3.48. The number of carboxylic acids is 1. The molecule has 1 heterocycles. The normalized spacial score (nSPS) is 14.0. The fourth-order valence-electron chi connectivity index (χ4n) is 1.70. The fourth-order valence-corrected chi connectivity index (χ4v) is 1.70. The molecule has 0 bridgehead atoms. The van der Waals surface area contributed by atoms with Crippen LogP contribution in [-0.4, -0.2) is 44.4 Å². The summed E-state index contributed by atoms with van der Waals surface area (Å²) in [5.74, 6) is -1.84. The molecule has 0 aliphatic heterocycles. The van der Waals surface area contributed by atoms with Crippen molar-refractivity contribution in [3.05, 3.63) is 30.0 Å². The summed E-state index contributed by atoms with van der Waals surface area (Å²) in [6.45, 7) is 1.30. The first kappa shape index (κ1) is 13.0. The number of fused-ring (bicyclic) bond motifs is 1. The van der Waals surface area contributed by atoms with Crippen molar-refractivity contribution in [1.29, 1.82) is 0 Å². The van der Waals surface area contributed by atoms with E-state index in [9.17, 15) is 14.7 Å². The Morgan fingerprint density at radius 2 is 2.16 bits per heavy atom. The molecular formula is C12H13N3O4. The number of aliphatic hydroxyl groups is 1. The van der Waals surface area contributed by atoms with Gasteiger partial charge in [-0.3, -0.25) is 9.89 Å². The number of aliphatic hydroxyl groups excluding tert-OH is 1. The molecule has 7 heteroatoms. The Kier molecular flexibility index (Phi) is 3.48. The third-order valence-electron chi connectivity index (χ3n) is 2.74. The van der Waals surface area contributed by atoms with Gasteiger partial charge < -0.3 is 15.5 Å². The minimum absolute atomic E-state index is 0.306. The number of carbonyl (C=O) groups is 2. The molecule has 1 amide bonds. The van der Waals surface area contributed by atoms with Crippen LogP contribution in [0.15, 0.2) is 24.4 Å². The highest BCUT2D eigenvalue weighted by atomic mass is 16.4. The Labute approximate surface area is 108 Å². The average molecular weight is 263 g/mol. The SMILES string of the molecule is C[C@@H](O)[C@H](NC(=O)c1ccc2[nH]ncc2c1)C(=O)O. The van der Waals surface area contributed by atoms with E-state index in [1.807, 2.05) is 0 Å². The van der Waals surface area contributed by atoms with Gasteiger partial charge in [0.05, 0.1) is 17.8 Å². The van der Waals surface area contributed by atoms with E-state index >= 15 is 0 Å². The zero-order valence-corrected chi connectivity index (χ0v) is 10.1. The predicted octanol–water partition coefficient (Wildman–Crippen LogP) is 0.127. The minimum atomic E-state index is -1.34. The van der Waals surface area contributed by atoms with Crippen molar-refractivity contribution < 1.29 is 19.8 Å². The molecule has 1 aromatic carbocycles. The van der Waals surface area contributed by atoms with Crippen LogP contribution >= 0.6 is 0 Å². The van der Waals surface area contributed by atoms with Gasteiger partial charge in [0, 0.05) is 10.9 Å². The van der Waals surface area contributed by atoms with Crippen LogP contribution in [-0.2, 0) is 4.79 Å². The number of benzene rings is 1. The molecule has 0 unspecified atom stereocenters. The number of hydrogen-bond acceptors (Lipinski definition) is 4. The largest absolute Gasteiger partial charge is 0.480 e. The lowest BCUT2D eigenvalue weighted by atomic mass is 10.1. The van der Waals surface area contributed by atoms with E-state index in [2.05, 4.69) is 15.5 Å². The lowest BCUT2D eigenvalue weighted by Crippen LogP contribution is -2.47. The van der Waals surface area contributed by atoms with Gasteiger partial charge in [-0.05, 0) is 25.1 Å². The molecule has 0 fully saturated rings. The highest BCUT2D eigenvalue weighted by Gasteiger charge is 2.25. The highest BCUT2D eigenvalue weighted by Crippen LogP contribution is 2.13. The van der Waals surface area contributed by atoms with Crippen molar-refractivity contribution in [1.82, 2.24) is 15.5 Å². The third kappa shape index (κ3) is 2.71. The molecule has 4 N–H and O–H groups in total. The van der Waals surface area contributed by atoms with Gasteiger partial charge in [0.25, 0.3) is 5.91 Å². The van der Waals surface area contributed by atoms with Crippen molar-refractivity contribution in [2.24, 2.45) is 0 Å². The molecule has 2 aromatic rings. The first-order valence-electron chi connectivity index (χ1n) is 5.64. The van der Waals surface area contributed by atoms with Gasteiger partial charge in [-0.1, -0.05) is 0 Å². The zero-order chi connectivity index (χ0) is 14.0. The van der Waals surface area contributed by atoms with E-state index < -0.39 is 24.0 Å². The highest BCUT2D eigenvalue weighted by molar-refractivity contribution is 5.99. The minimum Gasteiger partial charge on any atom is -0.480 e. The van der Waals surface area contributed by atoms with Crippen molar-refractivity contribution in [2.75, 3.05) is 0 Å². The number of amides is 1. The maximum Gasteiger partial charge on any atom is 0.328 e. The van der Waals surface area contributed by atoms with Crippen LogP contribution in [0, 0.1) is 0 Å². The van der Waals surface area contributed by atoms with Crippen molar-refractivity contribution in [2.45, 2.75) is 19.1 Å². The summed E-state index contributed by atoms with van der Waals surface area (Å²) in [5.41, 5.74) is 1.09. The van der Waals surface area contributed by atoms with Crippen LogP contribution in [0.2, 0.25) is 0 Å². The van der Waals surface area contributed by atoms with Crippen LogP contribution in [0.1, 0.15) is 17.3 Å². The molecule has 0 radical (unpaired) electrons. The molecule has 0 saturated heterocycles. The van der Waals surface area contributed by atoms with Crippen LogP contribution < -0.4 is 5.32 Å². The molecule has 1 aromatic heterocycles. The maximum absolute atomic E-state index is 11.9. The zero-order valence-electron chi connectivity index (χ0n) is 10.1. The number of aromatic nitrogens is 2. The standard InChI is InChI=1S/C12H13N3O4/c1-6(16)10(12(18)19)14-11(17)7-2-3-9-8(4-7)5-13-15-9/h2-6,10,16H,1H3,(H,13,15)(H,14,17)(H,18,19)/t6-,10+/m1/s1. The van der Waals surface area contributed by atoms with Crippen LogP contribution in [0.4, 0.5) is 0 Å². The number of aromatic amines is 1. The lowest BCUT2D eigenvalue weighted by Gasteiger charge is -2.16. The molecule has 2 atom stereocenters. The van der Waals surface area contributed by atoms with Crippen LogP contribution in [0.25, 0.3) is 10.9 Å². The van der Waals surface area contributed by atoms with E-state index in [4.69, 9.17) is 5.11 Å². The van der Waals surface area contributed by atoms with Gasteiger partial charge in [0.2, 0.25) is 0 Å². The first-order chi connectivity index (χ1) is 8.99. The molecule has 7 nitrogen and oxygen atoms in total. The molecule has 0 aliphatic carbocycles. The average Bonchev–Trinajstić information content (AvgIpc) is 2.81. The summed E-state index contributed by atoms with van der Waals surface area (Å²) in [6.07, 6.45) is 0.384. The Morgan fingerprint density at radius 1 is 1.42 bits per heavy atom. The van der Waals surface area contributed by atoms with Gasteiger partial charge in [-0.25, -0.2) is 4.79 Å². The smallest absolute Gasteiger partial charge is 0.328 e. The number of nitrogens with zero attached hydrogens (tertiary/aromatic N) is 1. The number of nitrogens with one attached hydrogen (secondary N) is 2. The van der Waals surface area contributed by atoms with Crippen LogP contribution in [0.5, 0.6) is 0 Å². The second kappa shape index (κ2) is 5.07. The molecular weight excluding hydrogens is 250 g/mol. The molecule has 0 spiro atoms. The summed E-state index contributed by atoms with van der Waals surface area (Å²) in [5, 5.41) is 27.8. The maximum atomic E-state index is 11.9. The lowest BCUT2D eigenvalue weighted by molar-refractivity contribution is -0.141. The predicted molar refractivity (Wildman–Crippen MR) is 66.7 cm³/mol. The summed E-state index contributed by atoms with van der Waals surface area (Å²) >= 11 is 0. The Morgan fingerprint density at radius 3 is 2.79 bits per heavy atom. The van der Waals surface area contributed by atoms with Gasteiger partial charge in [0.15, 0.2) is 6.04 Å². The van der Waals surface area contributed by atoms with Crippen LogP contribution in [0.3, 0.4) is 0 Å². The Bertz CT molecular complexity index is 620. The topological polar surface area (TPSA) is 115 Å². The first-order valence-corrected chi connectivity index (χ1v) is 5.64. The second-order valence-electron chi connectivity index (χ2n) is 4.20. The number of hydrogen-bond donors (Lipinski definition) is 4.